The molecule has 0 fully saturated rings. The van der Waals surface area contributed by atoms with Crippen molar-refractivity contribution in [3.05, 3.63) is 70.8 Å². The zero-order valence-electron chi connectivity index (χ0n) is 14.5. The van der Waals surface area contributed by atoms with Crippen molar-refractivity contribution in [2.75, 3.05) is 27.2 Å². The van der Waals surface area contributed by atoms with Crippen molar-refractivity contribution in [2.45, 2.75) is 12.5 Å². The number of hydrogen-bond donors (Lipinski definition) is 1. The maximum absolute atomic E-state index is 13.0. The topological polar surface area (TPSA) is 60.9 Å². The van der Waals surface area contributed by atoms with Crippen molar-refractivity contribution < 1.29 is 14.7 Å². The number of rotatable bonds is 3. The van der Waals surface area contributed by atoms with Crippen LogP contribution in [0.1, 0.15) is 37.9 Å². The highest BCUT2D eigenvalue weighted by atomic mass is 16.3. The maximum Gasteiger partial charge on any atom is 0.254 e. The van der Waals surface area contributed by atoms with Gasteiger partial charge in [0.2, 0.25) is 0 Å². The number of carbonyl (C=O) groups is 2. The van der Waals surface area contributed by atoms with E-state index in [9.17, 15) is 14.7 Å². The smallest absolute Gasteiger partial charge is 0.254 e. The highest BCUT2D eigenvalue weighted by Gasteiger charge is 2.30. The summed E-state index contributed by atoms with van der Waals surface area (Å²) in [6, 6.07) is 14.3. The Bertz CT molecular complexity index is 801. The van der Waals surface area contributed by atoms with Gasteiger partial charge in [0.1, 0.15) is 0 Å². The monoisotopic (exact) mass is 338 g/mol. The SMILES string of the molecule is CN(C)C(=O)c1cccc(C(=O)N2CCc3ccccc3C2CO)c1. The molecule has 1 aliphatic rings. The molecule has 1 aliphatic heterocycles. The number of fused-ring (bicyclic) bond motifs is 1. The highest BCUT2D eigenvalue weighted by molar-refractivity contribution is 5.99. The zero-order chi connectivity index (χ0) is 18.0. The molecule has 0 aliphatic carbocycles. The Balaban J connectivity index is 1.91. The number of benzene rings is 2. The molecule has 2 aromatic rings. The van der Waals surface area contributed by atoms with Gasteiger partial charge >= 0.3 is 0 Å². The van der Waals surface area contributed by atoms with E-state index in [1.54, 1.807) is 43.3 Å². The van der Waals surface area contributed by atoms with Gasteiger partial charge in [-0.25, -0.2) is 0 Å². The first-order valence-corrected chi connectivity index (χ1v) is 8.34. The van der Waals surface area contributed by atoms with E-state index < -0.39 is 0 Å². The van der Waals surface area contributed by atoms with Crippen LogP contribution in [0, 0.1) is 0 Å². The molecule has 1 atom stereocenters. The van der Waals surface area contributed by atoms with Crippen molar-refractivity contribution in [1.82, 2.24) is 9.80 Å². The van der Waals surface area contributed by atoms with Gasteiger partial charge in [-0.2, -0.15) is 0 Å². The summed E-state index contributed by atoms with van der Waals surface area (Å²) in [5, 5.41) is 9.86. The molecule has 5 nitrogen and oxygen atoms in total. The maximum atomic E-state index is 13.0. The zero-order valence-corrected chi connectivity index (χ0v) is 14.5. The molecule has 0 bridgehead atoms. The Labute approximate surface area is 147 Å². The molecule has 2 aromatic carbocycles. The third-order valence-corrected chi connectivity index (χ3v) is 4.61. The molecule has 130 valence electrons. The van der Waals surface area contributed by atoms with Crippen LogP contribution in [0.3, 0.4) is 0 Å². The number of hydrogen-bond acceptors (Lipinski definition) is 3. The molecule has 1 heterocycles. The van der Waals surface area contributed by atoms with E-state index in [0.717, 1.165) is 12.0 Å². The van der Waals surface area contributed by atoms with E-state index in [-0.39, 0.29) is 24.5 Å². The van der Waals surface area contributed by atoms with E-state index in [4.69, 9.17) is 0 Å². The van der Waals surface area contributed by atoms with Crippen LogP contribution >= 0.6 is 0 Å². The minimum absolute atomic E-state index is 0.126. The quantitative estimate of drug-likeness (QED) is 0.932. The lowest BCUT2D eigenvalue weighted by Crippen LogP contribution is -2.41. The van der Waals surface area contributed by atoms with E-state index >= 15 is 0 Å². The van der Waals surface area contributed by atoms with Crippen LogP contribution in [0.2, 0.25) is 0 Å². The van der Waals surface area contributed by atoms with Crippen LogP contribution in [0.4, 0.5) is 0 Å². The summed E-state index contributed by atoms with van der Waals surface area (Å²) in [7, 11) is 3.36. The van der Waals surface area contributed by atoms with E-state index in [1.165, 1.54) is 10.5 Å². The molecule has 0 aromatic heterocycles. The molecule has 25 heavy (non-hydrogen) atoms. The lowest BCUT2D eigenvalue weighted by atomic mass is 9.92. The first kappa shape index (κ1) is 17.2. The second-order valence-electron chi connectivity index (χ2n) is 6.43. The van der Waals surface area contributed by atoms with Crippen LogP contribution in [0.5, 0.6) is 0 Å². The predicted octanol–water partition coefficient (Wildman–Crippen LogP) is 2.12. The molecular formula is C20H22N2O3. The van der Waals surface area contributed by atoms with Crippen molar-refractivity contribution in [2.24, 2.45) is 0 Å². The van der Waals surface area contributed by atoms with Gasteiger partial charge in [0.25, 0.3) is 11.8 Å². The third-order valence-electron chi connectivity index (χ3n) is 4.61. The average Bonchev–Trinajstić information content (AvgIpc) is 2.65. The fourth-order valence-corrected chi connectivity index (χ4v) is 3.30. The second kappa shape index (κ2) is 7.07. The molecule has 5 heteroatoms. The van der Waals surface area contributed by atoms with Crippen LogP contribution in [0.25, 0.3) is 0 Å². The average molecular weight is 338 g/mol. The largest absolute Gasteiger partial charge is 0.394 e. The third kappa shape index (κ3) is 3.28. The van der Waals surface area contributed by atoms with Crippen LogP contribution < -0.4 is 0 Å². The number of amides is 2. The molecule has 0 spiro atoms. The van der Waals surface area contributed by atoms with E-state index in [0.29, 0.717) is 17.7 Å². The van der Waals surface area contributed by atoms with E-state index in [1.807, 2.05) is 24.3 Å². The minimum atomic E-state index is -0.356. The van der Waals surface area contributed by atoms with Gasteiger partial charge in [-0.3, -0.25) is 9.59 Å². The summed E-state index contributed by atoms with van der Waals surface area (Å²) in [4.78, 5) is 28.3. The number of aliphatic hydroxyl groups excluding tert-OH is 1. The van der Waals surface area contributed by atoms with Gasteiger partial charge in [0, 0.05) is 31.8 Å². The molecule has 0 radical (unpaired) electrons. The second-order valence-corrected chi connectivity index (χ2v) is 6.43. The van der Waals surface area contributed by atoms with Gasteiger partial charge < -0.3 is 14.9 Å². The van der Waals surface area contributed by atoms with Crippen LogP contribution in [-0.4, -0.2) is 54.0 Å². The summed E-state index contributed by atoms with van der Waals surface area (Å²) in [6.07, 6.45) is 0.759. The van der Waals surface area contributed by atoms with Crippen molar-refractivity contribution in [3.8, 4) is 0 Å². The highest BCUT2D eigenvalue weighted by Crippen LogP contribution is 2.30. The molecule has 0 saturated carbocycles. The molecule has 2 amide bonds. The van der Waals surface area contributed by atoms with Crippen molar-refractivity contribution in [3.63, 3.8) is 0 Å². The number of aliphatic hydroxyl groups is 1. The number of nitrogens with zero attached hydrogens (tertiary/aromatic N) is 2. The van der Waals surface area contributed by atoms with Gasteiger partial charge in [-0.15, -0.1) is 0 Å². The molecule has 1 N–H and O–H groups in total. The summed E-state index contributed by atoms with van der Waals surface area (Å²) >= 11 is 0. The number of carbonyl (C=O) groups excluding carboxylic acids is 2. The summed E-state index contributed by atoms with van der Waals surface area (Å²) in [5.74, 6) is -0.306. The van der Waals surface area contributed by atoms with Gasteiger partial charge in [-0.1, -0.05) is 30.3 Å². The normalized spacial score (nSPS) is 16.3. The first-order valence-electron chi connectivity index (χ1n) is 8.34. The fraction of sp³-hybridized carbons (Fsp3) is 0.300. The lowest BCUT2D eigenvalue weighted by Gasteiger charge is -2.36. The van der Waals surface area contributed by atoms with Crippen molar-refractivity contribution >= 4 is 11.8 Å². The van der Waals surface area contributed by atoms with Gasteiger partial charge in [-0.05, 0) is 35.7 Å². The Hall–Kier alpha value is -2.66. The summed E-state index contributed by atoms with van der Waals surface area (Å²) < 4.78 is 0. The van der Waals surface area contributed by atoms with Crippen molar-refractivity contribution in [1.29, 1.82) is 0 Å². The fourth-order valence-electron chi connectivity index (χ4n) is 3.30. The Morgan fingerprint density at radius 1 is 1.12 bits per heavy atom. The molecule has 3 rings (SSSR count). The molecular weight excluding hydrogens is 316 g/mol. The van der Waals surface area contributed by atoms with E-state index in [2.05, 4.69) is 0 Å². The minimum Gasteiger partial charge on any atom is -0.394 e. The Morgan fingerprint density at radius 2 is 1.84 bits per heavy atom. The summed E-state index contributed by atoms with van der Waals surface area (Å²) in [5.41, 5.74) is 3.10. The molecule has 0 saturated heterocycles. The van der Waals surface area contributed by atoms with Gasteiger partial charge in [0.15, 0.2) is 0 Å². The lowest BCUT2D eigenvalue weighted by molar-refractivity contribution is 0.0568. The standard InChI is InChI=1S/C20H22N2O3/c1-21(2)19(24)15-7-5-8-16(12-15)20(25)22-11-10-14-6-3-4-9-17(14)18(22)13-23/h3-9,12,18,23H,10-11,13H2,1-2H3. The summed E-state index contributed by atoms with van der Waals surface area (Å²) in [6.45, 7) is 0.423. The molecule has 1 unspecified atom stereocenters. The Kier molecular flexibility index (Phi) is 4.86. The predicted molar refractivity (Wildman–Crippen MR) is 95.5 cm³/mol. The van der Waals surface area contributed by atoms with Crippen LogP contribution in [0.15, 0.2) is 48.5 Å². The van der Waals surface area contributed by atoms with Crippen LogP contribution in [-0.2, 0) is 6.42 Å². The van der Waals surface area contributed by atoms with Gasteiger partial charge in [0.05, 0.1) is 12.6 Å². The first-order chi connectivity index (χ1) is 12.0. The Morgan fingerprint density at radius 3 is 2.56 bits per heavy atom.